The van der Waals surface area contributed by atoms with Crippen LogP contribution in [0.4, 0.5) is 17.5 Å². The zero-order valence-electron chi connectivity index (χ0n) is 11.7. The molecule has 0 saturated carbocycles. The molecule has 0 aliphatic carbocycles. The summed E-state index contributed by atoms with van der Waals surface area (Å²) in [5.41, 5.74) is 3.43. The van der Waals surface area contributed by atoms with E-state index in [-0.39, 0.29) is 0 Å². The first-order chi connectivity index (χ1) is 9.22. The van der Waals surface area contributed by atoms with E-state index in [1.165, 1.54) is 12.0 Å². The molecule has 1 heterocycles. The van der Waals surface area contributed by atoms with Crippen LogP contribution in [0.5, 0.6) is 0 Å². The topological polar surface area (TPSA) is 49.8 Å². The Bertz CT molecular complexity index is 534. The van der Waals surface area contributed by atoms with Crippen molar-refractivity contribution >= 4 is 17.5 Å². The van der Waals surface area contributed by atoms with E-state index >= 15 is 0 Å². The molecule has 0 unspecified atom stereocenters. The highest BCUT2D eigenvalue weighted by atomic mass is 15.1. The van der Waals surface area contributed by atoms with Gasteiger partial charge in [-0.1, -0.05) is 25.5 Å². The molecule has 1 aromatic carbocycles. The molecular formula is C15H20N4. The molecule has 0 bridgehead atoms. The Morgan fingerprint density at radius 3 is 2.53 bits per heavy atom. The molecule has 0 radical (unpaired) electrons. The molecule has 2 aromatic rings. The van der Waals surface area contributed by atoms with Crippen LogP contribution in [0, 0.1) is 6.92 Å². The summed E-state index contributed by atoms with van der Waals surface area (Å²) in [6.07, 6.45) is 4.10. The van der Waals surface area contributed by atoms with Gasteiger partial charge in [0.15, 0.2) is 0 Å². The Morgan fingerprint density at radius 1 is 1.16 bits per heavy atom. The lowest BCUT2D eigenvalue weighted by atomic mass is 10.1. The fourth-order valence-electron chi connectivity index (χ4n) is 1.87. The number of aromatic nitrogens is 2. The molecule has 4 nitrogen and oxygen atoms in total. The maximum absolute atomic E-state index is 4.41. The molecule has 19 heavy (non-hydrogen) atoms. The predicted molar refractivity (Wildman–Crippen MR) is 80.0 cm³/mol. The number of aryl methyl sites for hydroxylation is 2. The summed E-state index contributed by atoms with van der Waals surface area (Å²) in [5, 5.41) is 6.27. The van der Waals surface area contributed by atoms with E-state index in [1.54, 1.807) is 0 Å². The molecule has 0 saturated heterocycles. The van der Waals surface area contributed by atoms with Crippen molar-refractivity contribution in [3.8, 4) is 0 Å². The summed E-state index contributed by atoms with van der Waals surface area (Å²) in [4.78, 5) is 8.59. The van der Waals surface area contributed by atoms with E-state index < -0.39 is 0 Å². The SMILES string of the molecule is CCCc1ccc(Nc2nc(NC)ncc2C)cc1. The van der Waals surface area contributed by atoms with Crippen molar-refractivity contribution < 1.29 is 0 Å². The highest BCUT2D eigenvalue weighted by Crippen LogP contribution is 2.19. The van der Waals surface area contributed by atoms with Gasteiger partial charge in [-0.15, -0.1) is 0 Å². The van der Waals surface area contributed by atoms with Crippen LogP contribution in [-0.2, 0) is 6.42 Å². The zero-order chi connectivity index (χ0) is 13.7. The van der Waals surface area contributed by atoms with Gasteiger partial charge in [-0.3, -0.25) is 0 Å². The van der Waals surface area contributed by atoms with Crippen LogP contribution >= 0.6 is 0 Å². The molecule has 4 heteroatoms. The third-order valence-electron chi connectivity index (χ3n) is 2.95. The standard InChI is InChI=1S/C15H20N4/c1-4-5-12-6-8-13(9-7-12)18-14-11(2)10-17-15(16-3)19-14/h6-10H,4-5H2,1-3H3,(H2,16,17,18,19). The summed E-state index contributed by atoms with van der Waals surface area (Å²) in [7, 11) is 1.81. The third-order valence-corrected chi connectivity index (χ3v) is 2.95. The number of nitrogens with one attached hydrogen (secondary N) is 2. The molecule has 0 fully saturated rings. The van der Waals surface area contributed by atoms with Crippen LogP contribution in [0.2, 0.25) is 0 Å². The summed E-state index contributed by atoms with van der Waals surface area (Å²) in [6, 6.07) is 8.49. The summed E-state index contributed by atoms with van der Waals surface area (Å²) in [5.74, 6) is 1.46. The average molecular weight is 256 g/mol. The number of nitrogens with zero attached hydrogens (tertiary/aromatic N) is 2. The van der Waals surface area contributed by atoms with E-state index in [9.17, 15) is 0 Å². The lowest BCUT2D eigenvalue weighted by Crippen LogP contribution is -2.02. The minimum Gasteiger partial charge on any atom is -0.357 e. The lowest BCUT2D eigenvalue weighted by molar-refractivity contribution is 0.922. The quantitative estimate of drug-likeness (QED) is 0.859. The second-order valence-electron chi connectivity index (χ2n) is 4.55. The summed E-state index contributed by atoms with van der Waals surface area (Å²) < 4.78 is 0. The van der Waals surface area contributed by atoms with Crippen LogP contribution in [0.3, 0.4) is 0 Å². The van der Waals surface area contributed by atoms with Gasteiger partial charge in [-0.2, -0.15) is 4.98 Å². The van der Waals surface area contributed by atoms with Crippen molar-refractivity contribution in [3.05, 3.63) is 41.6 Å². The Kier molecular flexibility index (Phi) is 4.34. The van der Waals surface area contributed by atoms with Crippen molar-refractivity contribution in [1.82, 2.24) is 9.97 Å². The van der Waals surface area contributed by atoms with Crippen molar-refractivity contribution in [3.63, 3.8) is 0 Å². The van der Waals surface area contributed by atoms with Gasteiger partial charge in [-0.25, -0.2) is 4.98 Å². The van der Waals surface area contributed by atoms with E-state index in [0.29, 0.717) is 5.95 Å². The highest BCUT2D eigenvalue weighted by Gasteiger charge is 2.03. The largest absolute Gasteiger partial charge is 0.357 e. The first kappa shape index (κ1) is 13.3. The second-order valence-corrected chi connectivity index (χ2v) is 4.55. The van der Waals surface area contributed by atoms with Gasteiger partial charge < -0.3 is 10.6 Å². The molecule has 0 aliphatic rings. The van der Waals surface area contributed by atoms with Gasteiger partial charge in [0, 0.05) is 24.5 Å². The first-order valence-corrected chi connectivity index (χ1v) is 6.60. The summed E-state index contributed by atoms with van der Waals surface area (Å²) >= 11 is 0. The van der Waals surface area contributed by atoms with Crippen molar-refractivity contribution in [2.45, 2.75) is 26.7 Å². The van der Waals surface area contributed by atoms with Crippen LogP contribution in [0.1, 0.15) is 24.5 Å². The minimum atomic E-state index is 0.621. The van der Waals surface area contributed by atoms with Gasteiger partial charge in [0.05, 0.1) is 0 Å². The van der Waals surface area contributed by atoms with Crippen LogP contribution in [-0.4, -0.2) is 17.0 Å². The number of anilines is 3. The smallest absolute Gasteiger partial charge is 0.224 e. The Balaban J connectivity index is 2.16. The van der Waals surface area contributed by atoms with Gasteiger partial charge in [0.25, 0.3) is 0 Å². The Morgan fingerprint density at radius 2 is 1.89 bits per heavy atom. The molecule has 0 atom stereocenters. The molecule has 2 N–H and O–H groups in total. The second kappa shape index (κ2) is 6.18. The molecular weight excluding hydrogens is 236 g/mol. The fraction of sp³-hybridized carbons (Fsp3) is 0.333. The minimum absolute atomic E-state index is 0.621. The zero-order valence-corrected chi connectivity index (χ0v) is 11.7. The molecule has 0 amide bonds. The van der Waals surface area contributed by atoms with Crippen molar-refractivity contribution in [2.24, 2.45) is 0 Å². The average Bonchev–Trinajstić information content (AvgIpc) is 2.44. The number of hydrogen-bond acceptors (Lipinski definition) is 4. The van der Waals surface area contributed by atoms with Gasteiger partial charge >= 0.3 is 0 Å². The number of rotatable bonds is 5. The van der Waals surface area contributed by atoms with Gasteiger partial charge in [0.2, 0.25) is 5.95 Å². The highest BCUT2D eigenvalue weighted by molar-refractivity contribution is 5.60. The van der Waals surface area contributed by atoms with Crippen LogP contribution in [0.25, 0.3) is 0 Å². The van der Waals surface area contributed by atoms with Crippen molar-refractivity contribution in [1.29, 1.82) is 0 Å². The molecule has 0 spiro atoms. The van der Waals surface area contributed by atoms with E-state index in [0.717, 1.165) is 23.5 Å². The molecule has 2 rings (SSSR count). The van der Waals surface area contributed by atoms with Crippen LogP contribution in [0.15, 0.2) is 30.5 Å². The first-order valence-electron chi connectivity index (χ1n) is 6.60. The maximum Gasteiger partial charge on any atom is 0.224 e. The van der Waals surface area contributed by atoms with Gasteiger partial charge in [-0.05, 0) is 31.0 Å². The van der Waals surface area contributed by atoms with Gasteiger partial charge in [0.1, 0.15) is 5.82 Å². The fourth-order valence-corrected chi connectivity index (χ4v) is 1.87. The number of benzene rings is 1. The van der Waals surface area contributed by atoms with E-state index in [1.807, 2.05) is 20.2 Å². The number of hydrogen-bond donors (Lipinski definition) is 2. The normalized spacial score (nSPS) is 10.3. The Labute approximate surface area is 114 Å². The maximum atomic E-state index is 4.41. The van der Waals surface area contributed by atoms with E-state index in [2.05, 4.69) is 51.8 Å². The van der Waals surface area contributed by atoms with Crippen molar-refractivity contribution in [2.75, 3.05) is 17.7 Å². The molecule has 1 aromatic heterocycles. The molecule has 100 valence electrons. The third kappa shape index (κ3) is 3.44. The van der Waals surface area contributed by atoms with E-state index in [4.69, 9.17) is 0 Å². The monoisotopic (exact) mass is 256 g/mol. The van der Waals surface area contributed by atoms with Crippen LogP contribution < -0.4 is 10.6 Å². The predicted octanol–water partition coefficient (Wildman–Crippen LogP) is 3.52. The summed E-state index contributed by atoms with van der Waals surface area (Å²) in [6.45, 7) is 4.18. The molecule has 0 aliphatic heterocycles. The Hall–Kier alpha value is -2.10. The lowest BCUT2D eigenvalue weighted by Gasteiger charge is -2.10.